The quantitative estimate of drug-likeness (QED) is 0.932. The van der Waals surface area contributed by atoms with Crippen LogP contribution in [0.2, 0.25) is 0 Å². The molecule has 0 bridgehead atoms. The minimum absolute atomic E-state index is 0.0901. The van der Waals surface area contributed by atoms with Crippen LogP contribution in [0.3, 0.4) is 0 Å². The molecule has 0 aliphatic heterocycles. The summed E-state index contributed by atoms with van der Waals surface area (Å²) in [6, 6.07) is 4.39. The Morgan fingerprint density at radius 2 is 2.00 bits per heavy atom. The number of carbonyl (C=O) groups excluding carboxylic acids is 1. The number of carbonyl (C=O) groups is 1. The van der Waals surface area contributed by atoms with Gasteiger partial charge >= 0.3 is 0 Å². The molecule has 1 aliphatic carbocycles. The summed E-state index contributed by atoms with van der Waals surface area (Å²) in [5.74, 6) is -0.576. The van der Waals surface area contributed by atoms with E-state index in [9.17, 15) is 14.3 Å². The molecule has 1 fully saturated rings. The Morgan fingerprint density at radius 1 is 1.35 bits per heavy atom. The number of hydrogen-bond donors (Lipinski definition) is 1. The van der Waals surface area contributed by atoms with E-state index in [1.807, 2.05) is 0 Å². The summed E-state index contributed by atoms with van der Waals surface area (Å²) in [4.78, 5) is 12.0. The number of rotatable bonds is 3. The lowest BCUT2D eigenvalue weighted by molar-refractivity contribution is -0.136. The summed E-state index contributed by atoms with van der Waals surface area (Å²) >= 11 is 3.19. The molecular formula is C13H14BrFO2. The van der Waals surface area contributed by atoms with Crippen molar-refractivity contribution in [1.29, 1.82) is 0 Å². The van der Waals surface area contributed by atoms with Crippen molar-refractivity contribution in [1.82, 2.24) is 0 Å². The van der Waals surface area contributed by atoms with Gasteiger partial charge in [-0.2, -0.15) is 0 Å². The number of aliphatic hydroxyl groups is 1. The fourth-order valence-electron chi connectivity index (χ4n) is 2.30. The molecular weight excluding hydrogens is 287 g/mol. The third kappa shape index (κ3) is 2.93. The molecule has 1 aromatic rings. The average molecular weight is 301 g/mol. The van der Waals surface area contributed by atoms with Crippen LogP contribution in [-0.4, -0.2) is 16.5 Å². The second-order valence-electron chi connectivity index (χ2n) is 4.62. The van der Waals surface area contributed by atoms with E-state index >= 15 is 0 Å². The zero-order valence-corrected chi connectivity index (χ0v) is 11.0. The van der Waals surface area contributed by atoms with Crippen LogP contribution in [0, 0.1) is 5.82 Å². The first-order chi connectivity index (χ1) is 7.99. The van der Waals surface area contributed by atoms with Crippen molar-refractivity contribution in [3.8, 4) is 0 Å². The molecule has 0 amide bonds. The standard InChI is InChI=1S/C13H14BrFO2/c14-10-5-9(6-11(15)8-10)7-12(16)13(17)3-1-2-4-13/h5-6,8,17H,1-4,7H2. The van der Waals surface area contributed by atoms with Gasteiger partial charge in [0.05, 0.1) is 0 Å². The zero-order valence-electron chi connectivity index (χ0n) is 9.38. The van der Waals surface area contributed by atoms with Crippen molar-refractivity contribution in [2.75, 3.05) is 0 Å². The lowest BCUT2D eigenvalue weighted by Crippen LogP contribution is -2.36. The highest BCUT2D eigenvalue weighted by Gasteiger charge is 2.38. The van der Waals surface area contributed by atoms with Gasteiger partial charge in [0.2, 0.25) is 0 Å². The molecule has 92 valence electrons. The van der Waals surface area contributed by atoms with Crippen molar-refractivity contribution in [3.05, 3.63) is 34.1 Å². The number of Topliss-reactive ketones (excluding diaryl/α,β-unsaturated/α-hetero) is 1. The van der Waals surface area contributed by atoms with Crippen LogP contribution < -0.4 is 0 Å². The van der Waals surface area contributed by atoms with Crippen molar-refractivity contribution in [2.24, 2.45) is 0 Å². The van der Waals surface area contributed by atoms with E-state index in [1.165, 1.54) is 12.1 Å². The maximum absolute atomic E-state index is 13.1. The molecule has 2 nitrogen and oxygen atoms in total. The second kappa shape index (κ2) is 4.86. The minimum Gasteiger partial charge on any atom is -0.382 e. The predicted octanol–water partition coefficient (Wildman–Crippen LogP) is 3.00. The Morgan fingerprint density at radius 3 is 2.59 bits per heavy atom. The molecule has 1 aromatic carbocycles. The number of hydrogen-bond acceptors (Lipinski definition) is 2. The highest BCUT2D eigenvalue weighted by molar-refractivity contribution is 9.10. The maximum atomic E-state index is 13.1. The van der Waals surface area contributed by atoms with E-state index in [0.29, 0.717) is 22.9 Å². The number of benzene rings is 1. The predicted molar refractivity (Wildman–Crippen MR) is 66.2 cm³/mol. The Labute approximate surface area is 108 Å². The van der Waals surface area contributed by atoms with Gasteiger partial charge in [-0.15, -0.1) is 0 Å². The van der Waals surface area contributed by atoms with E-state index in [-0.39, 0.29) is 18.0 Å². The summed E-state index contributed by atoms with van der Waals surface area (Å²) in [5.41, 5.74) is -0.582. The molecule has 0 saturated heterocycles. The maximum Gasteiger partial charge on any atom is 0.168 e. The Hall–Kier alpha value is -0.740. The highest BCUT2D eigenvalue weighted by Crippen LogP contribution is 2.31. The monoisotopic (exact) mass is 300 g/mol. The van der Waals surface area contributed by atoms with Gasteiger partial charge in [0.1, 0.15) is 11.4 Å². The smallest absolute Gasteiger partial charge is 0.168 e. The molecule has 0 spiro atoms. The SMILES string of the molecule is O=C(Cc1cc(F)cc(Br)c1)C1(O)CCCC1. The Kier molecular flexibility index (Phi) is 3.64. The molecule has 0 heterocycles. The van der Waals surface area contributed by atoms with Crippen LogP contribution in [0.4, 0.5) is 4.39 Å². The lowest BCUT2D eigenvalue weighted by Gasteiger charge is -2.20. The normalized spacial score (nSPS) is 18.3. The first-order valence-electron chi connectivity index (χ1n) is 5.70. The summed E-state index contributed by atoms with van der Waals surface area (Å²) in [6.07, 6.45) is 2.92. The molecule has 1 saturated carbocycles. The summed E-state index contributed by atoms with van der Waals surface area (Å²) < 4.78 is 13.8. The Balaban J connectivity index is 2.12. The van der Waals surface area contributed by atoms with Crippen LogP contribution in [0.25, 0.3) is 0 Å². The molecule has 0 atom stereocenters. The molecule has 17 heavy (non-hydrogen) atoms. The third-order valence-electron chi connectivity index (χ3n) is 3.24. The molecule has 0 radical (unpaired) electrons. The summed E-state index contributed by atoms with van der Waals surface area (Å²) in [7, 11) is 0. The first kappa shape index (κ1) is 12.7. The van der Waals surface area contributed by atoms with Crippen LogP contribution in [0.15, 0.2) is 22.7 Å². The fraction of sp³-hybridized carbons (Fsp3) is 0.462. The van der Waals surface area contributed by atoms with E-state index < -0.39 is 5.60 Å². The Bertz CT molecular complexity index is 419. The largest absolute Gasteiger partial charge is 0.382 e. The molecule has 0 aromatic heterocycles. The van der Waals surface area contributed by atoms with Gasteiger partial charge in [-0.1, -0.05) is 15.9 Å². The van der Waals surface area contributed by atoms with Gasteiger partial charge in [0.15, 0.2) is 5.78 Å². The first-order valence-corrected chi connectivity index (χ1v) is 6.49. The summed E-state index contributed by atoms with van der Waals surface area (Å²) in [5, 5.41) is 10.1. The van der Waals surface area contributed by atoms with Crippen LogP contribution >= 0.6 is 15.9 Å². The van der Waals surface area contributed by atoms with Crippen LogP contribution in [-0.2, 0) is 11.2 Å². The number of ketones is 1. The van der Waals surface area contributed by atoms with Gasteiger partial charge in [0.25, 0.3) is 0 Å². The zero-order chi connectivity index (χ0) is 12.5. The molecule has 2 rings (SSSR count). The number of halogens is 2. The van der Waals surface area contributed by atoms with Crippen molar-refractivity contribution in [2.45, 2.75) is 37.7 Å². The fourth-order valence-corrected chi connectivity index (χ4v) is 2.81. The van der Waals surface area contributed by atoms with Crippen molar-refractivity contribution < 1.29 is 14.3 Å². The molecule has 1 aliphatic rings. The lowest BCUT2D eigenvalue weighted by atomic mass is 9.92. The van der Waals surface area contributed by atoms with Crippen molar-refractivity contribution >= 4 is 21.7 Å². The van der Waals surface area contributed by atoms with E-state index in [0.717, 1.165) is 12.8 Å². The van der Waals surface area contributed by atoms with Crippen LogP contribution in [0.1, 0.15) is 31.2 Å². The average Bonchev–Trinajstić information content (AvgIpc) is 2.64. The topological polar surface area (TPSA) is 37.3 Å². The second-order valence-corrected chi connectivity index (χ2v) is 5.53. The minimum atomic E-state index is -1.18. The third-order valence-corrected chi connectivity index (χ3v) is 3.69. The van der Waals surface area contributed by atoms with E-state index in [2.05, 4.69) is 15.9 Å². The van der Waals surface area contributed by atoms with E-state index in [1.54, 1.807) is 6.07 Å². The molecule has 4 heteroatoms. The van der Waals surface area contributed by atoms with Gasteiger partial charge in [0, 0.05) is 10.9 Å². The van der Waals surface area contributed by atoms with E-state index in [4.69, 9.17) is 0 Å². The highest BCUT2D eigenvalue weighted by atomic mass is 79.9. The van der Waals surface area contributed by atoms with Crippen LogP contribution in [0.5, 0.6) is 0 Å². The van der Waals surface area contributed by atoms with Gasteiger partial charge in [-0.25, -0.2) is 4.39 Å². The molecule has 0 unspecified atom stereocenters. The summed E-state index contributed by atoms with van der Waals surface area (Å²) in [6.45, 7) is 0. The van der Waals surface area contributed by atoms with Gasteiger partial charge < -0.3 is 5.11 Å². The van der Waals surface area contributed by atoms with Gasteiger partial charge in [-0.05, 0) is 49.4 Å². The molecule has 1 N–H and O–H groups in total. The van der Waals surface area contributed by atoms with Crippen molar-refractivity contribution in [3.63, 3.8) is 0 Å². The van der Waals surface area contributed by atoms with Gasteiger partial charge in [-0.3, -0.25) is 4.79 Å².